The van der Waals surface area contributed by atoms with Gasteiger partial charge in [0.2, 0.25) is 5.91 Å². The lowest BCUT2D eigenvalue weighted by atomic mass is 9.99. The van der Waals surface area contributed by atoms with Gasteiger partial charge in [-0.3, -0.25) is 9.59 Å². The van der Waals surface area contributed by atoms with E-state index in [-0.39, 0.29) is 23.9 Å². The molecule has 1 amide bonds. The first-order valence-electron chi connectivity index (χ1n) is 7.35. The van der Waals surface area contributed by atoms with E-state index < -0.39 is 35.4 Å². The minimum Gasteiger partial charge on any atom is -0.481 e. The van der Waals surface area contributed by atoms with Gasteiger partial charge in [0.1, 0.15) is 11.6 Å². The summed E-state index contributed by atoms with van der Waals surface area (Å²) in [6.07, 6.45) is 0.416. The van der Waals surface area contributed by atoms with Gasteiger partial charge in [-0.05, 0) is 24.5 Å². The van der Waals surface area contributed by atoms with Gasteiger partial charge in [-0.15, -0.1) is 0 Å². The molecule has 0 radical (unpaired) electrons. The second kappa shape index (κ2) is 5.34. The third-order valence-electron chi connectivity index (χ3n) is 4.72. The van der Waals surface area contributed by atoms with Gasteiger partial charge < -0.3 is 10.0 Å². The van der Waals surface area contributed by atoms with Crippen LogP contribution in [0.1, 0.15) is 24.8 Å². The highest BCUT2D eigenvalue weighted by Gasteiger charge is 2.50. The average molecular weight is 309 g/mol. The molecule has 6 heteroatoms. The predicted molar refractivity (Wildman–Crippen MR) is 74.1 cm³/mol. The molecule has 2 unspecified atom stereocenters. The topological polar surface area (TPSA) is 57.6 Å². The average Bonchev–Trinajstić information content (AvgIpc) is 3.12. The lowest BCUT2D eigenvalue weighted by molar-refractivity contribution is -0.142. The maximum atomic E-state index is 13.7. The SMILES string of the molecule is C[C@@H]1CN(C(=O)C2CC2c2c(F)cccc2F)C[C@H]1C(=O)O. The van der Waals surface area contributed by atoms with Gasteiger partial charge in [0.15, 0.2) is 0 Å². The van der Waals surface area contributed by atoms with E-state index >= 15 is 0 Å². The second-order valence-corrected chi connectivity index (χ2v) is 6.25. The van der Waals surface area contributed by atoms with Gasteiger partial charge in [-0.25, -0.2) is 8.78 Å². The van der Waals surface area contributed by atoms with Gasteiger partial charge in [0, 0.05) is 30.5 Å². The summed E-state index contributed by atoms with van der Waals surface area (Å²) in [5.74, 6) is -3.90. The molecule has 22 heavy (non-hydrogen) atoms. The van der Waals surface area contributed by atoms with Crippen molar-refractivity contribution in [1.82, 2.24) is 4.90 Å². The number of carbonyl (C=O) groups is 2. The molecular weight excluding hydrogens is 292 g/mol. The smallest absolute Gasteiger partial charge is 0.308 e. The number of carboxylic acids is 1. The van der Waals surface area contributed by atoms with Crippen molar-refractivity contribution in [3.63, 3.8) is 0 Å². The van der Waals surface area contributed by atoms with Crippen LogP contribution in [0.2, 0.25) is 0 Å². The van der Waals surface area contributed by atoms with E-state index in [0.717, 1.165) is 0 Å². The first kappa shape index (κ1) is 14.9. The molecule has 3 rings (SSSR count). The Morgan fingerprint density at radius 2 is 1.82 bits per heavy atom. The molecule has 1 N–H and O–H groups in total. The molecule has 4 nitrogen and oxygen atoms in total. The summed E-state index contributed by atoms with van der Waals surface area (Å²) in [6, 6.07) is 3.68. The minimum absolute atomic E-state index is 0.0251. The molecule has 1 heterocycles. The van der Waals surface area contributed by atoms with Gasteiger partial charge >= 0.3 is 5.97 Å². The third-order valence-corrected chi connectivity index (χ3v) is 4.72. The summed E-state index contributed by atoms with van der Waals surface area (Å²) >= 11 is 0. The van der Waals surface area contributed by atoms with Crippen molar-refractivity contribution >= 4 is 11.9 Å². The Balaban J connectivity index is 1.70. The van der Waals surface area contributed by atoms with Crippen LogP contribution in [-0.4, -0.2) is 35.0 Å². The number of amides is 1. The molecule has 1 saturated heterocycles. The number of likely N-dealkylation sites (tertiary alicyclic amines) is 1. The Labute approximate surface area is 126 Å². The number of rotatable bonds is 3. The van der Waals surface area contributed by atoms with Crippen molar-refractivity contribution < 1.29 is 23.5 Å². The minimum atomic E-state index is -0.907. The lowest BCUT2D eigenvalue weighted by Crippen LogP contribution is -2.31. The number of carbonyl (C=O) groups excluding carboxylic acids is 1. The number of hydrogen-bond acceptors (Lipinski definition) is 2. The van der Waals surface area contributed by atoms with Crippen molar-refractivity contribution in [2.24, 2.45) is 17.8 Å². The van der Waals surface area contributed by atoms with Crippen molar-refractivity contribution in [1.29, 1.82) is 0 Å². The Kier molecular flexibility index (Phi) is 3.62. The van der Waals surface area contributed by atoms with E-state index in [2.05, 4.69) is 0 Å². The summed E-state index contributed by atoms with van der Waals surface area (Å²) in [7, 11) is 0. The Bertz CT molecular complexity index is 614. The van der Waals surface area contributed by atoms with Crippen LogP contribution in [0.5, 0.6) is 0 Å². The van der Waals surface area contributed by atoms with Gasteiger partial charge in [-0.1, -0.05) is 13.0 Å². The molecule has 2 fully saturated rings. The van der Waals surface area contributed by atoms with Crippen LogP contribution < -0.4 is 0 Å². The van der Waals surface area contributed by atoms with Crippen molar-refractivity contribution in [2.45, 2.75) is 19.3 Å². The van der Waals surface area contributed by atoms with Gasteiger partial charge in [0.25, 0.3) is 0 Å². The maximum Gasteiger partial charge on any atom is 0.308 e. The molecule has 0 bridgehead atoms. The van der Waals surface area contributed by atoms with Crippen LogP contribution >= 0.6 is 0 Å². The molecule has 118 valence electrons. The van der Waals surface area contributed by atoms with Crippen LogP contribution in [0.4, 0.5) is 8.78 Å². The monoisotopic (exact) mass is 309 g/mol. The van der Waals surface area contributed by atoms with Crippen molar-refractivity contribution in [3.05, 3.63) is 35.4 Å². The van der Waals surface area contributed by atoms with Crippen LogP contribution in [0, 0.1) is 29.4 Å². The number of hydrogen-bond donors (Lipinski definition) is 1. The van der Waals surface area contributed by atoms with Crippen molar-refractivity contribution in [3.8, 4) is 0 Å². The number of carboxylic acid groups (broad SMARTS) is 1. The van der Waals surface area contributed by atoms with Crippen LogP contribution in [0.3, 0.4) is 0 Å². The molecule has 2 aliphatic rings. The molecule has 0 aromatic heterocycles. The molecular formula is C16H17F2NO3. The molecule has 1 aliphatic heterocycles. The van der Waals surface area contributed by atoms with E-state index in [1.54, 1.807) is 6.92 Å². The summed E-state index contributed by atoms with van der Waals surface area (Å²) in [4.78, 5) is 25.0. The zero-order valence-corrected chi connectivity index (χ0v) is 12.1. The second-order valence-electron chi connectivity index (χ2n) is 6.25. The van der Waals surface area contributed by atoms with Gasteiger partial charge in [-0.2, -0.15) is 0 Å². The molecule has 1 aromatic carbocycles. The van der Waals surface area contributed by atoms with E-state index in [4.69, 9.17) is 5.11 Å². The summed E-state index contributed by atoms with van der Waals surface area (Å²) in [5.41, 5.74) is -0.0251. The first-order valence-corrected chi connectivity index (χ1v) is 7.35. The number of aliphatic carboxylic acids is 1. The Hall–Kier alpha value is -1.98. The number of halogens is 2. The highest BCUT2D eigenvalue weighted by molar-refractivity contribution is 5.84. The highest BCUT2D eigenvalue weighted by atomic mass is 19.1. The van der Waals surface area contributed by atoms with E-state index in [1.165, 1.54) is 23.1 Å². The Morgan fingerprint density at radius 1 is 1.18 bits per heavy atom. The van der Waals surface area contributed by atoms with Crippen LogP contribution in [0.25, 0.3) is 0 Å². The largest absolute Gasteiger partial charge is 0.481 e. The first-order chi connectivity index (χ1) is 10.4. The number of benzene rings is 1. The molecule has 4 atom stereocenters. The normalized spacial score (nSPS) is 30.4. The fourth-order valence-corrected chi connectivity index (χ4v) is 3.35. The zero-order chi connectivity index (χ0) is 16.0. The van der Waals surface area contributed by atoms with Gasteiger partial charge in [0.05, 0.1) is 5.92 Å². The standard InChI is InChI=1S/C16H17F2NO3/c1-8-6-19(7-11(8)16(21)22)15(20)10-5-9(10)14-12(17)3-2-4-13(14)18/h2-4,8-11H,5-7H2,1H3,(H,21,22)/t8-,9?,10?,11-/m1/s1. The molecule has 1 aliphatic carbocycles. The van der Waals surface area contributed by atoms with E-state index in [9.17, 15) is 18.4 Å². The van der Waals surface area contributed by atoms with Crippen LogP contribution in [0.15, 0.2) is 18.2 Å². The quantitative estimate of drug-likeness (QED) is 0.931. The molecule has 1 saturated carbocycles. The summed E-state index contributed by atoms with van der Waals surface area (Å²) in [5, 5.41) is 9.10. The Morgan fingerprint density at radius 3 is 2.36 bits per heavy atom. The fraction of sp³-hybridized carbons (Fsp3) is 0.500. The summed E-state index contributed by atoms with van der Waals surface area (Å²) < 4.78 is 27.5. The van der Waals surface area contributed by atoms with Crippen molar-refractivity contribution in [2.75, 3.05) is 13.1 Å². The zero-order valence-electron chi connectivity index (χ0n) is 12.1. The predicted octanol–water partition coefficient (Wildman–Crippen LogP) is 2.25. The maximum absolute atomic E-state index is 13.7. The lowest BCUT2D eigenvalue weighted by Gasteiger charge is -2.16. The highest BCUT2D eigenvalue weighted by Crippen LogP contribution is 2.50. The fourth-order valence-electron chi connectivity index (χ4n) is 3.35. The van der Waals surface area contributed by atoms with E-state index in [0.29, 0.717) is 13.0 Å². The van der Waals surface area contributed by atoms with Crippen LogP contribution in [-0.2, 0) is 9.59 Å². The molecule has 0 spiro atoms. The summed E-state index contributed by atoms with van der Waals surface area (Å²) in [6.45, 7) is 2.37. The molecule has 1 aromatic rings. The third kappa shape index (κ3) is 2.46. The van der Waals surface area contributed by atoms with E-state index in [1.807, 2.05) is 0 Å². The number of nitrogens with zero attached hydrogens (tertiary/aromatic N) is 1.